The first-order chi connectivity index (χ1) is 9.63. The molecule has 1 aromatic heterocycles. The molecular weight excluding hydrogens is 252 g/mol. The van der Waals surface area contributed by atoms with Crippen molar-refractivity contribution >= 4 is 5.69 Å². The third kappa shape index (κ3) is 3.36. The van der Waals surface area contributed by atoms with E-state index in [0.717, 1.165) is 48.7 Å². The molecule has 0 radical (unpaired) electrons. The van der Waals surface area contributed by atoms with Crippen LogP contribution in [0.4, 0.5) is 5.69 Å². The van der Waals surface area contributed by atoms with E-state index in [0.29, 0.717) is 5.89 Å². The van der Waals surface area contributed by atoms with Crippen LogP contribution in [0.1, 0.15) is 25.2 Å². The van der Waals surface area contributed by atoms with Gasteiger partial charge >= 0.3 is 0 Å². The minimum Gasteiger partial charge on any atom is -0.398 e. The average Bonchev–Trinajstić information content (AvgIpc) is 2.92. The molecular formula is C15H22N4O. The van der Waals surface area contributed by atoms with Gasteiger partial charge in [-0.2, -0.15) is 4.98 Å². The van der Waals surface area contributed by atoms with Gasteiger partial charge in [0.2, 0.25) is 0 Å². The first kappa shape index (κ1) is 14.5. The zero-order chi connectivity index (χ0) is 14.5. The molecule has 0 atom stereocenters. The summed E-state index contributed by atoms with van der Waals surface area (Å²) < 4.78 is 5.31. The second-order valence-corrected chi connectivity index (χ2v) is 4.86. The minimum absolute atomic E-state index is 0.534. The number of nitrogens with two attached hydrogens (primary N) is 1. The van der Waals surface area contributed by atoms with E-state index in [2.05, 4.69) is 28.9 Å². The van der Waals surface area contributed by atoms with Crippen molar-refractivity contribution in [2.75, 3.05) is 25.4 Å². The molecule has 5 nitrogen and oxygen atoms in total. The topological polar surface area (TPSA) is 68.2 Å². The van der Waals surface area contributed by atoms with Gasteiger partial charge in [0.15, 0.2) is 5.82 Å². The highest BCUT2D eigenvalue weighted by atomic mass is 16.5. The third-order valence-electron chi connectivity index (χ3n) is 3.54. The highest BCUT2D eigenvalue weighted by Crippen LogP contribution is 2.22. The molecule has 1 aromatic carbocycles. The van der Waals surface area contributed by atoms with Gasteiger partial charge in [0.25, 0.3) is 5.89 Å². The van der Waals surface area contributed by atoms with Crippen LogP contribution in [0.25, 0.3) is 11.5 Å². The standard InChI is InChI=1S/C15H22N4O/c1-4-19(5-2)9-8-14-17-15(20-18-14)12-7-6-11(3)13(16)10-12/h6-7,10H,4-5,8-9,16H2,1-3H3. The van der Waals surface area contributed by atoms with Crippen molar-refractivity contribution < 1.29 is 4.52 Å². The Hall–Kier alpha value is -1.88. The molecule has 0 aliphatic carbocycles. The molecule has 5 heteroatoms. The minimum atomic E-state index is 0.534. The molecule has 0 saturated carbocycles. The summed E-state index contributed by atoms with van der Waals surface area (Å²) in [4.78, 5) is 6.77. The zero-order valence-electron chi connectivity index (χ0n) is 12.4. The Kier molecular flexibility index (Phi) is 4.74. The van der Waals surface area contributed by atoms with Gasteiger partial charge in [-0.15, -0.1) is 0 Å². The van der Waals surface area contributed by atoms with Crippen LogP contribution in [0.2, 0.25) is 0 Å². The zero-order valence-corrected chi connectivity index (χ0v) is 12.4. The maximum absolute atomic E-state index is 5.90. The Morgan fingerprint density at radius 1 is 1.25 bits per heavy atom. The maximum Gasteiger partial charge on any atom is 0.257 e. The van der Waals surface area contributed by atoms with Crippen molar-refractivity contribution in [3.63, 3.8) is 0 Å². The van der Waals surface area contributed by atoms with E-state index < -0.39 is 0 Å². The molecule has 0 aliphatic heterocycles. The fourth-order valence-corrected chi connectivity index (χ4v) is 2.04. The van der Waals surface area contributed by atoms with Gasteiger partial charge in [-0.05, 0) is 37.7 Å². The van der Waals surface area contributed by atoms with Crippen LogP contribution >= 0.6 is 0 Å². The summed E-state index contributed by atoms with van der Waals surface area (Å²) in [7, 11) is 0. The Labute approximate surface area is 119 Å². The largest absolute Gasteiger partial charge is 0.398 e. The molecule has 108 valence electrons. The van der Waals surface area contributed by atoms with E-state index in [1.807, 2.05) is 25.1 Å². The molecule has 2 aromatic rings. The Morgan fingerprint density at radius 2 is 2.00 bits per heavy atom. The lowest BCUT2D eigenvalue weighted by Crippen LogP contribution is -2.25. The highest BCUT2D eigenvalue weighted by Gasteiger charge is 2.10. The number of nitrogen functional groups attached to an aromatic ring is 1. The second kappa shape index (κ2) is 6.52. The van der Waals surface area contributed by atoms with E-state index in [1.165, 1.54) is 0 Å². The first-order valence-electron chi connectivity index (χ1n) is 7.05. The molecule has 20 heavy (non-hydrogen) atoms. The van der Waals surface area contributed by atoms with Crippen molar-refractivity contribution in [1.29, 1.82) is 0 Å². The van der Waals surface area contributed by atoms with Gasteiger partial charge in [-0.3, -0.25) is 0 Å². The predicted octanol–water partition coefficient (Wildman–Crippen LogP) is 2.51. The molecule has 0 bridgehead atoms. The van der Waals surface area contributed by atoms with Crippen LogP contribution in [0.15, 0.2) is 22.7 Å². The molecule has 0 aliphatic rings. The first-order valence-corrected chi connectivity index (χ1v) is 7.05. The predicted molar refractivity (Wildman–Crippen MR) is 80.4 cm³/mol. The molecule has 2 rings (SSSR count). The van der Waals surface area contributed by atoms with Gasteiger partial charge in [-0.1, -0.05) is 25.1 Å². The summed E-state index contributed by atoms with van der Waals surface area (Å²) in [6.45, 7) is 9.30. The van der Waals surface area contributed by atoms with Gasteiger partial charge in [-0.25, -0.2) is 0 Å². The van der Waals surface area contributed by atoms with Gasteiger partial charge in [0, 0.05) is 24.2 Å². The second-order valence-electron chi connectivity index (χ2n) is 4.86. The summed E-state index contributed by atoms with van der Waals surface area (Å²) >= 11 is 0. The van der Waals surface area contributed by atoms with Crippen LogP contribution in [0.5, 0.6) is 0 Å². The molecule has 0 spiro atoms. The van der Waals surface area contributed by atoms with Gasteiger partial charge in [0.05, 0.1) is 0 Å². The fourth-order valence-electron chi connectivity index (χ4n) is 2.04. The Balaban J connectivity index is 2.06. The molecule has 0 saturated heterocycles. The number of aromatic nitrogens is 2. The van der Waals surface area contributed by atoms with Crippen molar-refractivity contribution in [2.45, 2.75) is 27.2 Å². The summed E-state index contributed by atoms with van der Waals surface area (Å²) in [5.41, 5.74) is 8.56. The van der Waals surface area contributed by atoms with Gasteiger partial charge < -0.3 is 15.2 Å². The van der Waals surface area contributed by atoms with Crippen LogP contribution < -0.4 is 5.73 Å². The lowest BCUT2D eigenvalue weighted by Gasteiger charge is -2.16. The highest BCUT2D eigenvalue weighted by molar-refractivity contribution is 5.62. The Bertz CT molecular complexity index is 561. The van der Waals surface area contributed by atoms with E-state index in [9.17, 15) is 0 Å². The van der Waals surface area contributed by atoms with Crippen molar-refractivity contribution in [1.82, 2.24) is 15.0 Å². The average molecular weight is 274 g/mol. The number of nitrogens with zero attached hydrogens (tertiary/aromatic N) is 3. The number of hydrogen-bond donors (Lipinski definition) is 1. The van der Waals surface area contributed by atoms with Crippen molar-refractivity contribution in [3.05, 3.63) is 29.6 Å². The molecule has 1 heterocycles. The fraction of sp³-hybridized carbons (Fsp3) is 0.467. The summed E-state index contributed by atoms with van der Waals surface area (Å²) in [6, 6.07) is 5.79. The number of anilines is 1. The Morgan fingerprint density at radius 3 is 2.65 bits per heavy atom. The quantitative estimate of drug-likeness (QED) is 0.820. The summed E-state index contributed by atoms with van der Waals surface area (Å²) in [5, 5.41) is 4.03. The van der Waals surface area contributed by atoms with E-state index >= 15 is 0 Å². The number of aryl methyl sites for hydroxylation is 1. The molecule has 0 amide bonds. The van der Waals surface area contributed by atoms with Gasteiger partial charge in [0.1, 0.15) is 0 Å². The molecule has 0 unspecified atom stereocenters. The number of hydrogen-bond acceptors (Lipinski definition) is 5. The van der Waals surface area contributed by atoms with Crippen molar-refractivity contribution in [2.24, 2.45) is 0 Å². The van der Waals surface area contributed by atoms with E-state index in [-0.39, 0.29) is 0 Å². The molecule has 2 N–H and O–H groups in total. The number of benzene rings is 1. The van der Waals surface area contributed by atoms with Crippen LogP contribution in [0, 0.1) is 6.92 Å². The third-order valence-corrected chi connectivity index (χ3v) is 3.54. The lowest BCUT2D eigenvalue weighted by molar-refractivity contribution is 0.303. The van der Waals surface area contributed by atoms with Crippen LogP contribution in [-0.4, -0.2) is 34.7 Å². The smallest absolute Gasteiger partial charge is 0.257 e. The van der Waals surface area contributed by atoms with Crippen molar-refractivity contribution in [3.8, 4) is 11.5 Å². The van der Waals surface area contributed by atoms with Crippen LogP contribution in [-0.2, 0) is 6.42 Å². The van der Waals surface area contributed by atoms with E-state index in [4.69, 9.17) is 10.3 Å². The summed E-state index contributed by atoms with van der Waals surface area (Å²) in [5.74, 6) is 1.28. The summed E-state index contributed by atoms with van der Waals surface area (Å²) in [6.07, 6.45) is 0.798. The van der Waals surface area contributed by atoms with E-state index in [1.54, 1.807) is 0 Å². The lowest BCUT2D eigenvalue weighted by atomic mass is 10.1. The number of likely N-dealkylation sites (N-methyl/N-ethyl adjacent to an activating group) is 1. The SMILES string of the molecule is CCN(CC)CCc1noc(-c2ccc(C)c(N)c2)n1. The molecule has 0 fully saturated rings. The monoisotopic (exact) mass is 274 g/mol. The van der Waals surface area contributed by atoms with Crippen LogP contribution in [0.3, 0.4) is 0 Å². The maximum atomic E-state index is 5.90. The normalized spacial score (nSPS) is 11.2. The number of rotatable bonds is 6.